The van der Waals surface area contributed by atoms with Crippen LogP contribution in [-0.2, 0) is 0 Å². The molecular formula is C7B2F2O2S. The predicted octanol–water partition coefficient (Wildman–Crippen LogP) is -0.650. The number of rotatable bonds is 0. The fourth-order valence-electron chi connectivity index (χ4n) is 1.33. The summed E-state index contributed by atoms with van der Waals surface area (Å²) in [7, 11) is 10.6. The Morgan fingerprint density at radius 3 is 1.71 bits per heavy atom. The molecule has 2 rings (SSSR count). The Kier molecular flexibility index (Phi) is 1.73. The number of halogens is 2. The molecule has 0 fully saturated rings. The second kappa shape index (κ2) is 2.53. The van der Waals surface area contributed by atoms with Gasteiger partial charge in [0.25, 0.3) is 0 Å². The third kappa shape index (κ3) is 0.904. The van der Waals surface area contributed by atoms with Gasteiger partial charge in [-0.3, -0.25) is 9.59 Å². The first-order valence-corrected chi connectivity index (χ1v) is 4.34. The molecule has 0 spiro atoms. The fourth-order valence-corrected chi connectivity index (χ4v) is 2.17. The molecule has 0 aliphatic heterocycles. The summed E-state index contributed by atoms with van der Waals surface area (Å²) in [4.78, 5) is 22.1. The molecule has 1 heterocycles. The van der Waals surface area contributed by atoms with E-state index in [0.717, 1.165) is 11.3 Å². The number of ketones is 2. The van der Waals surface area contributed by atoms with Crippen LogP contribution in [0.15, 0.2) is 0 Å². The van der Waals surface area contributed by atoms with Crippen LogP contribution in [0.25, 0.3) is 0 Å². The lowest BCUT2D eigenvalue weighted by Crippen LogP contribution is -2.32. The Morgan fingerprint density at radius 1 is 1.00 bits per heavy atom. The maximum atomic E-state index is 12.9. The summed E-state index contributed by atoms with van der Waals surface area (Å²) < 4.78 is 25.6. The molecule has 0 atom stereocenters. The van der Waals surface area contributed by atoms with Crippen molar-refractivity contribution in [3.8, 4) is 0 Å². The highest BCUT2D eigenvalue weighted by atomic mass is 32.1. The van der Waals surface area contributed by atoms with Gasteiger partial charge in [0, 0.05) is 11.1 Å². The van der Waals surface area contributed by atoms with Crippen molar-refractivity contribution in [3.63, 3.8) is 0 Å². The lowest BCUT2D eigenvalue weighted by molar-refractivity contribution is 0.0190. The van der Waals surface area contributed by atoms with Crippen LogP contribution >= 0.6 is 11.3 Å². The van der Waals surface area contributed by atoms with Crippen molar-refractivity contribution in [1.82, 2.24) is 0 Å². The van der Waals surface area contributed by atoms with Crippen molar-refractivity contribution in [2.24, 2.45) is 0 Å². The summed E-state index contributed by atoms with van der Waals surface area (Å²) in [6, 6.07) is 0. The maximum Gasteiger partial charge on any atom is 0.371 e. The van der Waals surface area contributed by atoms with Gasteiger partial charge in [0.2, 0.25) is 11.6 Å². The molecule has 0 saturated heterocycles. The quantitative estimate of drug-likeness (QED) is 0.419. The second-order valence-corrected chi connectivity index (χ2v) is 3.90. The zero-order valence-electron chi connectivity index (χ0n) is 6.64. The Bertz CT molecular complexity index is 428. The van der Waals surface area contributed by atoms with E-state index in [4.69, 9.17) is 15.7 Å². The zero-order valence-corrected chi connectivity index (χ0v) is 7.45. The molecule has 0 amide bonds. The molecule has 0 unspecified atom stereocenters. The van der Waals surface area contributed by atoms with Crippen LogP contribution in [0.3, 0.4) is 0 Å². The largest absolute Gasteiger partial charge is 0.371 e. The number of hydrogen-bond acceptors (Lipinski definition) is 3. The summed E-state index contributed by atoms with van der Waals surface area (Å²) in [5.41, 5.74) is -0.856. The van der Waals surface area contributed by atoms with Gasteiger partial charge in [-0.1, -0.05) is 0 Å². The van der Waals surface area contributed by atoms with E-state index in [1.165, 1.54) is 0 Å². The van der Waals surface area contributed by atoms with E-state index in [1.54, 1.807) is 0 Å². The first-order chi connectivity index (χ1) is 6.37. The van der Waals surface area contributed by atoms with Crippen LogP contribution in [0.1, 0.15) is 20.7 Å². The first-order valence-electron chi connectivity index (χ1n) is 3.52. The van der Waals surface area contributed by atoms with Crippen molar-refractivity contribution in [2.75, 3.05) is 0 Å². The fraction of sp³-hybridized carbons (Fsp3) is 0.143. The van der Waals surface area contributed by atoms with E-state index < -0.39 is 28.6 Å². The number of thiophene rings is 1. The highest BCUT2D eigenvalue weighted by Crippen LogP contribution is 2.33. The van der Waals surface area contributed by atoms with E-state index in [1.807, 2.05) is 0 Å². The van der Waals surface area contributed by atoms with Gasteiger partial charge < -0.3 is 0 Å². The Hall–Kier alpha value is -0.970. The number of hydrogen-bond donors (Lipinski definition) is 0. The molecule has 4 radical (unpaired) electrons. The number of alkyl halides is 2. The minimum atomic E-state index is -4.00. The molecule has 14 heavy (non-hydrogen) atoms. The van der Waals surface area contributed by atoms with Crippen molar-refractivity contribution >= 4 is 48.1 Å². The molecule has 1 aromatic rings. The van der Waals surface area contributed by atoms with Crippen LogP contribution in [0.4, 0.5) is 8.78 Å². The average Bonchev–Trinajstić information content (AvgIpc) is 2.45. The van der Waals surface area contributed by atoms with E-state index in [0.29, 0.717) is 0 Å². The Balaban J connectivity index is 2.78. The molecular weight excluding hydrogens is 208 g/mol. The minimum absolute atomic E-state index is 0.131. The number of Topliss-reactive ketones (excluding diaryl/α,β-unsaturated/α-hetero) is 2. The van der Waals surface area contributed by atoms with Crippen molar-refractivity contribution in [2.45, 2.75) is 5.92 Å². The van der Waals surface area contributed by atoms with Gasteiger partial charge in [-0.15, -0.1) is 0 Å². The smallest absolute Gasteiger partial charge is 0.287 e. The lowest BCUT2D eigenvalue weighted by atomic mass is 9.95. The highest BCUT2D eigenvalue weighted by Gasteiger charge is 2.56. The van der Waals surface area contributed by atoms with Crippen LogP contribution in [0.2, 0.25) is 0 Å². The van der Waals surface area contributed by atoms with E-state index in [2.05, 4.69) is 0 Å². The number of carbonyl (C=O) groups is 2. The van der Waals surface area contributed by atoms with Gasteiger partial charge in [0.15, 0.2) is 0 Å². The van der Waals surface area contributed by atoms with Crippen molar-refractivity contribution in [1.29, 1.82) is 0 Å². The van der Waals surface area contributed by atoms with Crippen molar-refractivity contribution < 1.29 is 18.4 Å². The summed E-state index contributed by atoms with van der Waals surface area (Å²) in [6.45, 7) is 0. The standard InChI is InChI=1S/C7B2F2O2S/c8-5-1-2(6(9)14-5)4(13)7(10,11)3(1)12. The second-order valence-electron chi connectivity index (χ2n) is 2.81. The van der Waals surface area contributed by atoms with E-state index in [9.17, 15) is 18.4 Å². The average molecular weight is 208 g/mol. The molecule has 1 aliphatic rings. The van der Waals surface area contributed by atoms with Gasteiger partial charge in [0.1, 0.15) is 15.7 Å². The molecule has 1 aromatic heterocycles. The number of fused-ring (bicyclic) bond motifs is 1. The van der Waals surface area contributed by atoms with Gasteiger partial charge in [-0.05, 0) is 9.55 Å². The van der Waals surface area contributed by atoms with Gasteiger partial charge in [0.05, 0.1) is 0 Å². The summed E-state index contributed by atoms with van der Waals surface area (Å²) in [5, 5.41) is 0. The SMILES string of the molecule is [B]c1sc([B])c2c1C(=O)C(F)(F)C2=O. The molecule has 2 nitrogen and oxygen atoms in total. The molecule has 66 valence electrons. The number of carbonyl (C=O) groups excluding carboxylic acids is 2. The highest BCUT2D eigenvalue weighted by molar-refractivity contribution is 7.28. The first kappa shape index (κ1) is 9.58. The van der Waals surface area contributed by atoms with Crippen LogP contribution in [-0.4, -0.2) is 33.2 Å². The summed E-state index contributed by atoms with van der Waals surface area (Å²) in [5.74, 6) is -7.10. The van der Waals surface area contributed by atoms with Gasteiger partial charge in [-0.2, -0.15) is 20.1 Å². The summed E-state index contributed by atoms with van der Waals surface area (Å²) in [6.07, 6.45) is 0. The monoisotopic (exact) mass is 208 g/mol. The molecule has 0 N–H and O–H groups in total. The van der Waals surface area contributed by atoms with E-state index in [-0.39, 0.29) is 9.55 Å². The third-order valence-corrected chi connectivity index (χ3v) is 2.84. The predicted molar refractivity (Wildman–Crippen MR) is 48.7 cm³/mol. The van der Waals surface area contributed by atoms with Crippen LogP contribution < -0.4 is 9.55 Å². The minimum Gasteiger partial charge on any atom is -0.287 e. The molecule has 0 aromatic carbocycles. The van der Waals surface area contributed by atoms with Gasteiger partial charge >= 0.3 is 5.92 Å². The molecule has 1 aliphatic carbocycles. The summed E-state index contributed by atoms with van der Waals surface area (Å²) >= 11 is 0.760. The van der Waals surface area contributed by atoms with Gasteiger partial charge in [-0.25, -0.2) is 0 Å². The third-order valence-electron chi connectivity index (χ3n) is 1.99. The topological polar surface area (TPSA) is 34.1 Å². The molecule has 7 heteroatoms. The molecule has 0 bridgehead atoms. The van der Waals surface area contributed by atoms with Crippen molar-refractivity contribution in [3.05, 3.63) is 11.1 Å². The van der Waals surface area contributed by atoms with Crippen LogP contribution in [0.5, 0.6) is 0 Å². The Labute approximate surface area is 84.1 Å². The zero-order chi connectivity index (χ0) is 10.7. The van der Waals surface area contributed by atoms with Crippen LogP contribution in [0, 0.1) is 0 Å². The lowest BCUT2D eigenvalue weighted by Gasteiger charge is -2.03. The maximum absolute atomic E-state index is 12.9. The normalized spacial score (nSPS) is 18.7. The Morgan fingerprint density at radius 2 is 1.36 bits per heavy atom. The van der Waals surface area contributed by atoms with E-state index >= 15 is 0 Å². The molecule has 0 saturated carbocycles.